The summed E-state index contributed by atoms with van der Waals surface area (Å²) in [5, 5.41) is 0. The van der Waals surface area contributed by atoms with Crippen molar-refractivity contribution in [2.45, 2.75) is 13.3 Å². The van der Waals surface area contributed by atoms with Gasteiger partial charge in [-0.25, -0.2) is 9.36 Å². The molecule has 0 aliphatic rings. The molecule has 0 radical (unpaired) electrons. The van der Waals surface area contributed by atoms with E-state index in [0.717, 1.165) is 0 Å². The van der Waals surface area contributed by atoms with Gasteiger partial charge in [0.15, 0.2) is 0 Å². The third kappa shape index (κ3) is 6.28. The lowest BCUT2D eigenvalue weighted by Gasteiger charge is -2.04. The molecule has 0 bridgehead atoms. The molecule has 5 nitrogen and oxygen atoms in total. The number of phosphoric ester groups is 1. The van der Waals surface area contributed by atoms with Crippen molar-refractivity contribution in [1.82, 2.24) is 0 Å². The summed E-state index contributed by atoms with van der Waals surface area (Å²) in [5.41, 5.74) is 0.142. The Morgan fingerprint density at radius 1 is 1.62 bits per heavy atom. The van der Waals surface area contributed by atoms with Gasteiger partial charge in [-0.3, -0.25) is 9.79 Å². The lowest BCUT2D eigenvalue weighted by atomic mass is 10.2. The Bertz CT molecular complexity index is 275. The molecular weight excluding hydrogens is 195 g/mol. The van der Waals surface area contributed by atoms with E-state index in [2.05, 4.69) is 11.1 Å². The molecule has 2 N–H and O–H groups in total. The fraction of sp³-hybridized carbons (Fsp3) is 0.286. The molecule has 0 spiro atoms. The minimum absolute atomic E-state index is 0.142. The van der Waals surface area contributed by atoms with Crippen molar-refractivity contribution in [2.75, 3.05) is 0 Å². The second kappa shape index (κ2) is 4.97. The second-order valence-corrected chi connectivity index (χ2v) is 3.44. The predicted octanol–water partition coefficient (Wildman–Crippen LogP) is 1.14. The van der Waals surface area contributed by atoms with Gasteiger partial charge in [0.05, 0.1) is 0 Å². The van der Waals surface area contributed by atoms with Crippen LogP contribution in [-0.2, 0) is 13.9 Å². The van der Waals surface area contributed by atoms with Gasteiger partial charge < -0.3 is 4.52 Å². The maximum atomic E-state index is 10.8. The van der Waals surface area contributed by atoms with Crippen molar-refractivity contribution < 1.29 is 23.7 Å². The maximum absolute atomic E-state index is 10.8. The van der Waals surface area contributed by atoms with Crippen LogP contribution in [0.15, 0.2) is 24.3 Å². The first-order chi connectivity index (χ1) is 5.87. The molecule has 0 aromatic rings. The summed E-state index contributed by atoms with van der Waals surface area (Å²) in [6.45, 7) is 4.82. The average Bonchev–Trinajstić information content (AvgIpc) is 1.96. The molecule has 0 aliphatic carbocycles. The monoisotopic (exact) mass is 206 g/mol. The minimum Gasteiger partial charge on any atom is -0.367 e. The first kappa shape index (κ1) is 12.1. The molecule has 0 rings (SSSR count). The first-order valence-electron chi connectivity index (χ1n) is 3.44. The van der Waals surface area contributed by atoms with E-state index in [9.17, 15) is 9.36 Å². The molecule has 0 aromatic heterocycles. The molecule has 13 heavy (non-hydrogen) atoms. The van der Waals surface area contributed by atoms with Gasteiger partial charge in [-0.1, -0.05) is 12.2 Å². The van der Waals surface area contributed by atoms with E-state index < -0.39 is 13.8 Å². The van der Waals surface area contributed by atoms with Crippen molar-refractivity contribution >= 4 is 13.8 Å². The Morgan fingerprint density at radius 2 is 2.15 bits per heavy atom. The number of carbonyl (C=O) groups excluding carboxylic acids is 1. The normalized spacial score (nSPS) is 12.4. The molecule has 74 valence electrons. The summed E-state index contributed by atoms with van der Waals surface area (Å²) < 4.78 is 14.0. The molecule has 6 heteroatoms. The quantitative estimate of drug-likeness (QED) is 0.409. The van der Waals surface area contributed by atoms with Crippen molar-refractivity contribution in [3.8, 4) is 0 Å². The van der Waals surface area contributed by atoms with E-state index in [0.29, 0.717) is 6.42 Å². The van der Waals surface area contributed by atoms with Gasteiger partial charge in [-0.2, -0.15) is 0 Å². The smallest absolute Gasteiger partial charge is 0.367 e. The Hall–Kier alpha value is -0.900. The van der Waals surface area contributed by atoms with E-state index in [1.165, 1.54) is 13.0 Å². The van der Waals surface area contributed by atoms with Crippen LogP contribution in [0.25, 0.3) is 0 Å². The highest BCUT2D eigenvalue weighted by atomic mass is 31.2. The first-order valence-corrected chi connectivity index (χ1v) is 4.97. The van der Waals surface area contributed by atoms with Gasteiger partial charge >= 0.3 is 13.8 Å². The van der Waals surface area contributed by atoms with Crippen molar-refractivity contribution in [2.24, 2.45) is 0 Å². The zero-order valence-corrected chi connectivity index (χ0v) is 8.03. The standard InChI is InChI=1S/C7H11O5P/c1-3-4-5-6(2)7(8)12-13(9,10)11/h3,5H,1,4H2,2H3,(H2,9,10,11). The third-order valence-corrected chi connectivity index (χ3v) is 1.52. The molecule has 0 aromatic carbocycles. The zero-order valence-electron chi connectivity index (χ0n) is 7.14. The molecule has 0 atom stereocenters. The SMILES string of the molecule is C=CCC=C(C)C(=O)OP(=O)(O)O. The Labute approximate surface area is 76.0 Å². The molecule has 0 saturated carbocycles. The summed E-state index contributed by atoms with van der Waals surface area (Å²) >= 11 is 0. The summed E-state index contributed by atoms with van der Waals surface area (Å²) in [6.07, 6.45) is 3.46. The van der Waals surface area contributed by atoms with Crippen LogP contribution >= 0.6 is 7.82 Å². The van der Waals surface area contributed by atoms with Gasteiger partial charge in [0.1, 0.15) is 0 Å². The van der Waals surface area contributed by atoms with Crippen molar-refractivity contribution in [3.63, 3.8) is 0 Å². The molecule has 0 aliphatic heterocycles. The fourth-order valence-electron chi connectivity index (χ4n) is 0.523. The lowest BCUT2D eigenvalue weighted by Crippen LogP contribution is -2.03. The van der Waals surface area contributed by atoms with Gasteiger partial charge in [0.2, 0.25) is 0 Å². The van der Waals surface area contributed by atoms with Gasteiger partial charge in [-0.15, -0.1) is 6.58 Å². The second-order valence-electron chi connectivity index (χ2n) is 2.28. The number of allylic oxidation sites excluding steroid dienone is 2. The van der Waals surface area contributed by atoms with Crippen LogP contribution in [0.3, 0.4) is 0 Å². The summed E-state index contributed by atoms with van der Waals surface area (Å²) in [7, 11) is -4.72. The lowest BCUT2D eigenvalue weighted by molar-refractivity contribution is -0.131. The van der Waals surface area contributed by atoms with Crippen molar-refractivity contribution in [1.29, 1.82) is 0 Å². The van der Waals surface area contributed by atoms with Crippen LogP contribution < -0.4 is 0 Å². The third-order valence-electron chi connectivity index (χ3n) is 1.11. The van der Waals surface area contributed by atoms with E-state index in [-0.39, 0.29) is 5.57 Å². The minimum atomic E-state index is -4.72. The molecule has 0 heterocycles. The predicted molar refractivity (Wildman–Crippen MR) is 46.7 cm³/mol. The number of hydrogen-bond donors (Lipinski definition) is 2. The van der Waals surface area contributed by atoms with Crippen LogP contribution in [-0.4, -0.2) is 15.8 Å². The number of hydrogen-bond acceptors (Lipinski definition) is 3. The average molecular weight is 206 g/mol. The van der Waals surface area contributed by atoms with Gasteiger partial charge in [0, 0.05) is 5.57 Å². The van der Waals surface area contributed by atoms with E-state index in [4.69, 9.17) is 9.79 Å². The van der Waals surface area contributed by atoms with Crippen LogP contribution in [0, 0.1) is 0 Å². The Morgan fingerprint density at radius 3 is 2.54 bits per heavy atom. The van der Waals surface area contributed by atoms with Crippen LogP contribution in [0.2, 0.25) is 0 Å². The highest BCUT2D eigenvalue weighted by molar-refractivity contribution is 7.46. The Kier molecular flexibility index (Phi) is 4.62. The number of rotatable bonds is 4. The topological polar surface area (TPSA) is 83.8 Å². The van der Waals surface area contributed by atoms with Crippen LogP contribution in [0.4, 0.5) is 0 Å². The highest BCUT2D eigenvalue weighted by Crippen LogP contribution is 2.36. The Balaban J connectivity index is 4.27. The van der Waals surface area contributed by atoms with E-state index in [1.54, 1.807) is 6.08 Å². The zero-order chi connectivity index (χ0) is 10.5. The molecule has 0 fully saturated rings. The van der Waals surface area contributed by atoms with Gasteiger partial charge in [0.25, 0.3) is 0 Å². The molecule has 0 unspecified atom stereocenters. The van der Waals surface area contributed by atoms with E-state index in [1.807, 2.05) is 0 Å². The molecule has 0 saturated heterocycles. The largest absolute Gasteiger partial charge is 0.527 e. The molecule has 0 amide bonds. The summed E-state index contributed by atoms with van der Waals surface area (Å²) in [4.78, 5) is 27.4. The maximum Gasteiger partial charge on any atom is 0.527 e. The highest BCUT2D eigenvalue weighted by Gasteiger charge is 2.20. The fourth-order valence-corrected chi connectivity index (χ4v) is 0.883. The van der Waals surface area contributed by atoms with Crippen LogP contribution in [0.5, 0.6) is 0 Å². The summed E-state index contributed by atoms with van der Waals surface area (Å²) in [6, 6.07) is 0. The van der Waals surface area contributed by atoms with Gasteiger partial charge in [-0.05, 0) is 13.3 Å². The number of phosphoric acid groups is 1. The number of carbonyl (C=O) groups is 1. The van der Waals surface area contributed by atoms with Crippen LogP contribution in [0.1, 0.15) is 13.3 Å². The van der Waals surface area contributed by atoms with Crippen molar-refractivity contribution in [3.05, 3.63) is 24.3 Å². The van der Waals surface area contributed by atoms with E-state index >= 15 is 0 Å². The molecular formula is C7H11O5P. The summed E-state index contributed by atoms with van der Waals surface area (Å²) in [5.74, 6) is -1.02.